The number of hydrogen-bond donors (Lipinski definition) is 2. The molecule has 136 valence electrons. The molecule has 2 saturated carbocycles. The summed E-state index contributed by atoms with van der Waals surface area (Å²) in [6.07, 6.45) is 3.72. The second-order valence-electron chi connectivity index (χ2n) is 7.11. The summed E-state index contributed by atoms with van der Waals surface area (Å²) in [6, 6.07) is 1.49. The van der Waals surface area contributed by atoms with E-state index < -0.39 is 5.91 Å². The number of esters is 1. The highest BCUT2D eigenvalue weighted by Crippen LogP contribution is 2.49. The normalized spacial score (nSPS) is 27.4. The monoisotopic (exact) mass is 348 g/mol. The maximum atomic E-state index is 12.4. The summed E-state index contributed by atoms with van der Waals surface area (Å²) in [7, 11) is 1.42. The fourth-order valence-electron chi connectivity index (χ4n) is 4.06. The third kappa shape index (κ3) is 3.41. The summed E-state index contributed by atoms with van der Waals surface area (Å²) in [5.74, 6) is -0.160. The number of carbonyl (C=O) groups excluding carboxylic acids is 2. The minimum atomic E-state index is -0.421. The Morgan fingerprint density at radius 1 is 1.28 bits per heavy atom. The maximum Gasteiger partial charge on any atom is 0.309 e. The molecule has 0 aliphatic heterocycles. The van der Waals surface area contributed by atoms with E-state index in [2.05, 4.69) is 10.3 Å². The standard InChI is InChI=1S/C18H24N2O5/c1-9(2)25-18(23)12-7-11-6-10(12)8-13(11)20-17(22)15-16(21)14(24-3)4-5-19-15/h4-5,9-13,21H,6-8H2,1-3H3,(H,20,22)/t10?,11?,12-,13?/m1/s1. The van der Waals surface area contributed by atoms with Crippen LogP contribution >= 0.6 is 0 Å². The van der Waals surface area contributed by atoms with E-state index in [-0.39, 0.29) is 53.1 Å². The molecule has 2 aliphatic rings. The summed E-state index contributed by atoms with van der Waals surface area (Å²) in [4.78, 5) is 28.5. The van der Waals surface area contributed by atoms with E-state index in [9.17, 15) is 14.7 Å². The van der Waals surface area contributed by atoms with Crippen molar-refractivity contribution in [1.82, 2.24) is 10.3 Å². The van der Waals surface area contributed by atoms with Crippen LogP contribution in [0.15, 0.2) is 12.3 Å². The molecule has 1 aromatic heterocycles. The first-order valence-corrected chi connectivity index (χ1v) is 8.64. The van der Waals surface area contributed by atoms with Gasteiger partial charge in [-0.1, -0.05) is 0 Å². The fraction of sp³-hybridized carbons (Fsp3) is 0.611. The molecule has 1 amide bonds. The van der Waals surface area contributed by atoms with Crippen molar-refractivity contribution < 1.29 is 24.2 Å². The number of rotatable bonds is 5. The molecule has 0 saturated heterocycles. The van der Waals surface area contributed by atoms with Crippen LogP contribution < -0.4 is 10.1 Å². The minimum absolute atomic E-state index is 0.00648. The Labute approximate surface area is 146 Å². The van der Waals surface area contributed by atoms with E-state index in [1.807, 2.05) is 13.8 Å². The van der Waals surface area contributed by atoms with Gasteiger partial charge in [0.05, 0.1) is 19.1 Å². The molecule has 2 bridgehead atoms. The van der Waals surface area contributed by atoms with Crippen LogP contribution in [-0.2, 0) is 9.53 Å². The van der Waals surface area contributed by atoms with Crippen molar-refractivity contribution in [3.63, 3.8) is 0 Å². The van der Waals surface area contributed by atoms with Crippen LogP contribution in [0.5, 0.6) is 11.5 Å². The van der Waals surface area contributed by atoms with Crippen LogP contribution in [0.2, 0.25) is 0 Å². The Kier molecular flexibility index (Phi) is 4.83. The number of nitrogens with one attached hydrogen (secondary N) is 1. The Bertz CT molecular complexity index is 675. The van der Waals surface area contributed by atoms with Gasteiger partial charge in [-0.05, 0) is 44.9 Å². The number of pyridine rings is 1. The molecule has 2 aliphatic carbocycles. The topological polar surface area (TPSA) is 97.8 Å². The maximum absolute atomic E-state index is 12.4. The number of aromatic hydroxyl groups is 1. The number of aromatic nitrogens is 1. The summed E-state index contributed by atoms with van der Waals surface area (Å²) in [5, 5.41) is 13.0. The van der Waals surface area contributed by atoms with Crippen molar-refractivity contribution >= 4 is 11.9 Å². The average Bonchev–Trinajstić information content (AvgIpc) is 3.14. The molecule has 7 heteroatoms. The lowest BCUT2D eigenvalue weighted by molar-refractivity contribution is -0.154. The third-order valence-corrected chi connectivity index (χ3v) is 5.15. The molecule has 2 fully saturated rings. The van der Waals surface area contributed by atoms with Crippen molar-refractivity contribution in [2.75, 3.05) is 7.11 Å². The van der Waals surface area contributed by atoms with E-state index >= 15 is 0 Å². The molecule has 2 N–H and O–H groups in total. The molecular weight excluding hydrogens is 324 g/mol. The lowest BCUT2D eigenvalue weighted by Crippen LogP contribution is -2.41. The molecule has 7 nitrogen and oxygen atoms in total. The fourth-order valence-corrected chi connectivity index (χ4v) is 4.06. The summed E-state index contributed by atoms with van der Waals surface area (Å²) in [6.45, 7) is 3.70. The molecule has 1 aromatic rings. The van der Waals surface area contributed by atoms with E-state index in [1.165, 1.54) is 19.4 Å². The first kappa shape index (κ1) is 17.5. The van der Waals surface area contributed by atoms with Gasteiger partial charge in [-0.3, -0.25) is 9.59 Å². The zero-order chi connectivity index (χ0) is 18.1. The van der Waals surface area contributed by atoms with Gasteiger partial charge in [0.25, 0.3) is 5.91 Å². The van der Waals surface area contributed by atoms with Gasteiger partial charge < -0.3 is 19.9 Å². The second kappa shape index (κ2) is 6.90. The van der Waals surface area contributed by atoms with Gasteiger partial charge in [-0.15, -0.1) is 0 Å². The van der Waals surface area contributed by atoms with Gasteiger partial charge in [-0.2, -0.15) is 0 Å². The van der Waals surface area contributed by atoms with Gasteiger partial charge in [0.2, 0.25) is 0 Å². The van der Waals surface area contributed by atoms with E-state index in [0.717, 1.165) is 19.3 Å². The average molecular weight is 348 g/mol. The summed E-state index contributed by atoms with van der Waals surface area (Å²) < 4.78 is 10.3. The quantitative estimate of drug-likeness (QED) is 0.789. The number of hydrogen-bond acceptors (Lipinski definition) is 6. The zero-order valence-electron chi connectivity index (χ0n) is 14.7. The number of methoxy groups -OCH3 is 1. The molecule has 25 heavy (non-hydrogen) atoms. The number of ether oxygens (including phenoxy) is 2. The van der Waals surface area contributed by atoms with Crippen LogP contribution in [0.4, 0.5) is 0 Å². The number of nitrogens with zero attached hydrogens (tertiary/aromatic N) is 1. The van der Waals surface area contributed by atoms with Crippen molar-refractivity contribution in [2.24, 2.45) is 17.8 Å². The summed E-state index contributed by atoms with van der Waals surface area (Å²) >= 11 is 0. The first-order chi connectivity index (χ1) is 11.9. The van der Waals surface area contributed by atoms with Gasteiger partial charge in [0, 0.05) is 18.3 Å². The highest BCUT2D eigenvalue weighted by atomic mass is 16.5. The van der Waals surface area contributed by atoms with Gasteiger partial charge >= 0.3 is 5.97 Å². The van der Waals surface area contributed by atoms with Crippen LogP contribution in [0.1, 0.15) is 43.6 Å². The number of carbonyl (C=O) groups is 2. The molecule has 0 spiro atoms. The molecule has 1 heterocycles. The lowest BCUT2D eigenvalue weighted by Gasteiger charge is -2.28. The number of fused-ring (bicyclic) bond motifs is 2. The van der Waals surface area contributed by atoms with Crippen molar-refractivity contribution in [2.45, 2.75) is 45.3 Å². The first-order valence-electron chi connectivity index (χ1n) is 8.64. The molecule has 0 radical (unpaired) electrons. The smallest absolute Gasteiger partial charge is 0.309 e. The lowest BCUT2D eigenvalue weighted by atomic mass is 9.86. The molecule has 3 unspecified atom stereocenters. The Morgan fingerprint density at radius 3 is 2.64 bits per heavy atom. The van der Waals surface area contributed by atoms with Crippen LogP contribution in [0, 0.1) is 17.8 Å². The predicted octanol–water partition coefficient (Wildman–Crippen LogP) is 1.89. The van der Waals surface area contributed by atoms with Gasteiger partial charge in [-0.25, -0.2) is 4.98 Å². The largest absolute Gasteiger partial charge is 0.503 e. The highest BCUT2D eigenvalue weighted by molar-refractivity contribution is 5.95. The van der Waals surface area contributed by atoms with Crippen molar-refractivity contribution in [3.8, 4) is 11.5 Å². The SMILES string of the molecule is COc1ccnc(C(=O)NC2CC3CC2C[C@H]3C(=O)OC(C)C)c1O. The van der Waals surface area contributed by atoms with Crippen LogP contribution in [-0.4, -0.2) is 41.2 Å². The van der Waals surface area contributed by atoms with Gasteiger partial charge in [0.1, 0.15) is 0 Å². The second-order valence-corrected chi connectivity index (χ2v) is 7.11. The Morgan fingerprint density at radius 2 is 2.04 bits per heavy atom. The highest BCUT2D eigenvalue weighted by Gasteiger charge is 2.49. The molecule has 4 atom stereocenters. The molecule has 0 aromatic carbocycles. The van der Waals surface area contributed by atoms with Crippen molar-refractivity contribution in [1.29, 1.82) is 0 Å². The minimum Gasteiger partial charge on any atom is -0.503 e. The zero-order valence-corrected chi connectivity index (χ0v) is 14.7. The third-order valence-electron chi connectivity index (χ3n) is 5.15. The molecular formula is C18H24N2O5. The summed E-state index contributed by atoms with van der Waals surface area (Å²) in [5.41, 5.74) is -0.0436. The van der Waals surface area contributed by atoms with Crippen LogP contribution in [0.3, 0.4) is 0 Å². The Hall–Kier alpha value is -2.31. The predicted molar refractivity (Wildman–Crippen MR) is 89.3 cm³/mol. The number of amides is 1. The van der Waals surface area contributed by atoms with E-state index in [1.54, 1.807) is 0 Å². The Balaban J connectivity index is 1.62. The van der Waals surface area contributed by atoms with Crippen molar-refractivity contribution in [3.05, 3.63) is 18.0 Å². The molecule has 3 rings (SSSR count). The van der Waals surface area contributed by atoms with Crippen LogP contribution in [0.25, 0.3) is 0 Å². The van der Waals surface area contributed by atoms with E-state index in [0.29, 0.717) is 0 Å². The van der Waals surface area contributed by atoms with E-state index in [4.69, 9.17) is 9.47 Å². The van der Waals surface area contributed by atoms with Gasteiger partial charge in [0.15, 0.2) is 17.2 Å².